The van der Waals surface area contributed by atoms with Gasteiger partial charge in [0.15, 0.2) is 0 Å². The molecule has 1 aromatic heterocycles. The summed E-state index contributed by atoms with van der Waals surface area (Å²) in [6.45, 7) is 0. The maximum Gasteiger partial charge on any atom is 0.339 e. The molecule has 6 nitrogen and oxygen atoms in total. The minimum Gasteiger partial charge on any atom is -0.506 e. The number of benzene rings is 1. The van der Waals surface area contributed by atoms with Gasteiger partial charge in [-0.1, -0.05) is 11.6 Å². The highest BCUT2D eigenvalue weighted by atomic mass is 35.5. The number of aromatic nitrogens is 1. The highest BCUT2D eigenvalue weighted by molar-refractivity contribution is 6.33. The number of rotatable bonds is 3. The molecule has 0 aliphatic heterocycles. The molecule has 0 saturated carbocycles. The van der Waals surface area contributed by atoms with E-state index < -0.39 is 11.9 Å². The normalized spacial score (nSPS) is 10.0. The first kappa shape index (κ1) is 14.8. The van der Waals surface area contributed by atoms with Gasteiger partial charge in [0.05, 0.1) is 29.5 Å². The van der Waals surface area contributed by atoms with Gasteiger partial charge in [0, 0.05) is 11.9 Å². The van der Waals surface area contributed by atoms with Crippen LogP contribution in [-0.2, 0) is 4.74 Å². The van der Waals surface area contributed by atoms with E-state index in [-0.39, 0.29) is 21.9 Å². The molecule has 2 N–H and O–H groups in total. The van der Waals surface area contributed by atoms with Crippen molar-refractivity contribution >= 4 is 29.2 Å². The zero-order valence-electron chi connectivity index (χ0n) is 11.0. The third-order valence-corrected chi connectivity index (χ3v) is 2.95. The molecular formula is C14H11ClN2O4. The minimum absolute atomic E-state index is 0.117. The first-order valence-corrected chi connectivity index (χ1v) is 6.22. The van der Waals surface area contributed by atoms with Crippen LogP contribution in [0.1, 0.15) is 20.7 Å². The van der Waals surface area contributed by atoms with Gasteiger partial charge in [-0.3, -0.25) is 9.78 Å². The van der Waals surface area contributed by atoms with Crippen molar-refractivity contribution in [3.63, 3.8) is 0 Å². The van der Waals surface area contributed by atoms with Crippen LogP contribution in [-0.4, -0.2) is 29.1 Å². The Hall–Kier alpha value is -2.60. The Bertz CT molecular complexity index is 703. The van der Waals surface area contributed by atoms with Gasteiger partial charge in [-0.2, -0.15) is 0 Å². The Balaban J connectivity index is 2.24. The second-order valence-corrected chi connectivity index (χ2v) is 4.48. The molecule has 21 heavy (non-hydrogen) atoms. The van der Waals surface area contributed by atoms with E-state index >= 15 is 0 Å². The largest absolute Gasteiger partial charge is 0.506 e. The number of aromatic hydroxyl groups is 1. The summed E-state index contributed by atoms with van der Waals surface area (Å²) < 4.78 is 4.60. The maximum atomic E-state index is 12.0. The van der Waals surface area contributed by atoms with Gasteiger partial charge in [-0.15, -0.1) is 0 Å². The molecule has 108 valence electrons. The molecule has 2 aromatic rings. The Kier molecular flexibility index (Phi) is 4.39. The molecule has 0 aliphatic carbocycles. The molecular weight excluding hydrogens is 296 g/mol. The van der Waals surface area contributed by atoms with Crippen LogP contribution >= 0.6 is 11.6 Å². The van der Waals surface area contributed by atoms with Crippen molar-refractivity contribution in [2.45, 2.75) is 0 Å². The number of nitrogens with zero attached hydrogens (tertiary/aromatic N) is 1. The van der Waals surface area contributed by atoms with Gasteiger partial charge < -0.3 is 15.2 Å². The quantitative estimate of drug-likeness (QED) is 0.850. The van der Waals surface area contributed by atoms with Crippen molar-refractivity contribution in [1.29, 1.82) is 0 Å². The number of pyridine rings is 1. The first-order chi connectivity index (χ1) is 10.0. The number of ether oxygens (including phenoxy) is 1. The van der Waals surface area contributed by atoms with Gasteiger partial charge in [0.2, 0.25) is 0 Å². The Morgan fingerprint density at radius 3 is 2.71 bits per heavy atom. The molecule has 1 heterocycles. The van der Waals surface area contributed by atoms with E-state index in [9.17, 15) is 14.7 Å². The number of nitrogens with one attached hydrogen (secondary N) is 1. The lowest BCUT2D eigenvalue weighted by Crippen LogP contribution is -2.13. The van der Waals surface area contributed by atoms with Crippen molar-refractivity contribution in [1.82, 2.24) is 4.98 Å². The predicted molar refractivity (Wildman–Crippen MR) is 76.6 cm³/mol. The molecule has 0 atom stereocenters. The van der Waals surface area contributed by atoms with E-state index in [2.05, 4.69) is 15.0 Å². The number of anilines is 1. The van der Waals surface area contributed by atoms with Crippen molar-refractivity contribution in [2.24, 2.45) is 0 Å². The van der Waals surface area contributed by atoms with E-state index in [4.69, 9.17) is 11.6 Å². The van der Waals surface area contributed by atoms with Gasteiger partial charge in [-0.05, 0) is 24.3 Å². The molecule has 7 heteroatoms. The fourth-order valence-corrected chi connectivity index (χ4v) is 1.82. The summed E-state index contributed by atoms with van der Waals surface area (Å²) >= 11 is 5.89. The number of esters is 1. The summed E-state index contributed by atoms with van der Waals surface area (Å²) in [4.78, 5) is 27.2. The van der Waals surface area contributed by atoms with Gasteiger partial charge in [0.1, 0.15) is 5.75 Å². The molecule has 0 aliphatic rings. The van der Waals surface area contributed by atoms with Crippen LogP contribution in [0.5, 0.6) is 5.75 Å². The fourth-order valence-electron chi connectivity index (χ4n) is 1.62. The van der Waals surface area contributed by atoms with Crippen LogP contribution in [0.15, 0.2) is 36.7 Å². The summed E-state index contributed by atoms with van der Waals surface area (Å²) in [5, 5.41) is 12.1. The molecule has 0 unspecified atom stereocenters. The molecule has 2 rings (SSSR count). The predicted octanol–water partition coefficient (Wildman–Crippen LogP) is 2.48. The standard InChI is InChI=1S/C14H11ClN2O4/c1-21-14(20)11-5-9(2-3-12(11)15)17-13(19)8-4-10(18)7-16-6-8/h2-7,18H,1H3,(H,17,19). The average Bonchev–Trinajstić information content (AvgIpc) is 2.48. The smallest absolute Gasteiger partial charge is 0.339 e. The first-order valence-electron chi connectivity index (χ1n) is 5.84. The molecule has 0 saturated heterocycles. The van der Waals surface area contributed by atoms with E-state index in [0.717, 1.165) is 0 Å². The number of methoxy groups -OCH3 is 1. The highest BCUT2D eigenvalue weighted by Gasteiger charge is 2.13. The minimum atomic E-state index is -0.602. The topological polar surface area (TPSA) is 88.5 Å². The van der Waals surface area contributed by atoms with E-state index in [1.54, 1.807) is 6.07 Å². The number of amides is 1. The van der Waals surface area contributed by atoms with Crippen LogP contribution in [0.2, 0.25) is 5.02 Å². The Morgan fingerprint density at radius 1 is 1.29 bits per heavy atom. The van der Waals surface area contributed by atoms with E-state index in [1.807, 2.05) is 0 Å². The second kappa shape index (κ2) is 6.23. The summed E-state index contributed by atoms with van der Waals surface area (Å²) in [5.74, 6) is -1.19. The van der Waals surface area contributed by atoms with Crippen molar-refractivity contribution in [3.05, 3.63) is 52.8 Å². The highest BCUT2D eigenvalue weighted by Crippen LogP contribution is 2.22. The number of carbonyl (C=O) groups excluding carboxylic acids is 2. The van der Waals surface area contributed by atoms with Gasteiger partial charge >= 0.3 is 5.97 Å². The number of hydrogen-bond donors (Lipinski definition) is 2. The zero-order valence-corrected chi connectivity index (χ0v) is 11.7. The second-order valence-electron chi connectivity index (χ2n) is 4.07. The average molecular weight is 307 g/mol. The number of hydrogen-bond acceptors (Lipinski definition) is 5. The lowest BCUT2D eigenvalue weighted by Gasteiger charge is -2.08. The van der Waals surface area contributed by atoms with Crippen LogP contribution in [0.4, 0.5) is 5.69 Å². The van der Waals surface area contributed by atoms with Gasteiger partial charge in [-0.25, -0.2) is 4.79 Å². The summed E-state index contributed by atoms with van der Waals surface area (Å²) in [7, 11) is 1.24. The van der Waals surface area contributed by atoms with Crippen molar-refractivity contribution in [2.75, 3.05) is 12.4 Å². The summed E-state index contributed by atoms with van der Waals surface area (Å²) in [6, 6.07) is 5.70. The number of carbonyl (C=O) groups is 2. The molecule has 0 spiro atoms. The maximum absolute atomic E-state index is 12.0. The molecule has 1 aromatic carbocycles. The van der Waals surface area contributed by atoms with Crippen LogP contribution in [0, 0.1) is 0 Å². The lowest BCUT2D eigenvalue weighted by atomic mass is 10.2. The van der Waals surface area contributed by atoms with Crippen molar-refractivity contribution in [3.8, 4) is 5.75 Å². The molecule has 1 amide bonds. The monoisotopic (exact) mass is 306 g/mol. The van der Waals surface area contributed by atoms with Crippen molar-refractivity contribution < 1.29 is 19.4 Å². The zero-order chi connectivity index (χ0) is 15.4. The fraction of sp³-hybridized carbons (Fsp3) is 0.0714. The van der Waals surface area contributed by atoms with Crippen LogP contribution in [0.3, 0.4) is 0 Å². The molecule has 0 radical (unpaired) electrons. The Labute approximate surface area is 125 Å². The molecule has 0 bridgehead atoms. The lowest BCUT2D eigenvalue weighted by molar-refractivity contribution is 0.0600. The third-order valence-electron chi connectivity index (χ3n) is 2.62. The summed E-state index contributed by atoms with van der Waals surface area (Å²) in [5.41, 5.74) is 0.698. The number of halogens is 1. The van der Waals surface area contributed by atoms with Gasteiger partial charge in [0.25, 0.3) is 5.91 Å². The van der Waals surface area contributed by atoms with E-state index in [1.165, 1.54) is 37.7 Å². The third kappa shape index (κ3) is 3.49. The SMILES string of the molecule is COC(=O)c1cc(NC(=O)c2cncc(O)c2)ccc1Cl. The van der Waals surface area contributed by atoms with Crippen LogP contribution < -0.4 is 5.32 Å². The van der Waals surface area contributed by atoms with Crippen LogP contribution in [0.25, 0.3) is 0 Å². The summed E-state index contributed by atoms with van der Waals surface area (Å²) in [6.07, 6.45) is 2.53. The van der Waals surface area contributed by atoms with E-state index in [0.29, 0.717) is 5.69 Å². The Morgan fingerprint density at radius 2 is 2.05 bits per heavy atom. The molecule has 0 fully saturated rings.